The third-order valence-electron chi connectivity index (χ3n) is 5.14. The van der Waals surface area contributed by atoms with Crippen LogP contribution >= 0.6 is 0 Å². The minimum atomic E-state index is -0.289. The van der Waals surface area contributed by atoms with Crippen molar-refractivity contribution in [2.24, 2.45) is 0 Å². The van der Waals surface area contributed by atoms with Gasteiger partial charge in [0, 0.05) is 49.1 Å². The van der Waals surface area contributed by atoms with Gasteiger partial charge in [-0.1, -0.05) is 6.07 Å². The van der Waals surface area contributed by atoms with E-state index in [1.54, 1.807) is 13.3 Å². The summed E-state index contributed by atoms with van der Waals surface area (Å²) in [5, 5.41) is 6.79. The zero-order valence-electron chi connectivity index (χ0n) is 16.7. The molecule has 150 valence electrons. The Bertz CT molecular complexity index is 1020. The Labute approximate surface area is 170 Å². The Morgan fingerprint density at radius 1 is 1.00 bits per heavy atom. The Morgan fingerprint density at radius 3 is 2.48 bits per heavy atom. The molecule has 1 aliphatic heterocycles. The number of methoxy groups -OCH3 is 1. The van der Waals surface area contributed by atoms with Gasteiger partial charge in [0.2, 0.25) is 0 Å². The molecule has 3 aromatic rings. The maximum absolute atomic E-state index is 12.5. The van der Waals surface area contributed by atoms with E-state index in [2.05, 4.69) is 32.5 Å². The van der Waals surface area contributed by atoms with E-state index in [1.807, 2.05) is 48.5 Å². The largest absolute Gasteiger partial charge is 0.495 e. The molecule has 0 unspecified atom stereocenters. The number of carbonyl (C=O) groups excluding carboxylic acids is 1. The number of likely N-dealkylation sites (N-methyl/N-ethyl adjacent to an activating group) is 1. The van der Waals surface area contributed by atoms with Gasteiger partial charge in [0.25, 0.3) is 0 Å². The molecule has 29 heavy (non-hydrogen) atoms. The van der Waals surface area contributed by atoms with Crippen molar-refractivity contribution in [3.05, 3.63) is 54.7 Å². The Balaban J connectivity index is 1.47. The molecular formula is C22H25N5O2. The minimum absolute atomic E-state index is 0.289. The second-order valence-corrected chi connectivity index (χ2v) is 7.17. The molecule has 0 saturated carbocycles. The fourth-order valence-electron chi connectivity index (χ4n) is 3.51. The minimum Gasteiger partial charge on any atom is -0.495 e. The van der Waals surface area contributed by atoms with Crippen molar-refractivity contribution in [2.75, 3.05) is 55.9 Å². The summed E-state index contributed by atoms with van der Waals surface area (Å²) in [6.07, 6.45) is 1.75. The van der Waals surface area contributed by atoms with E-state index in [0.717, 1.165) is 59.9 Å². The van der Waals surface area contributed by atoms with Crippen LogP contribution in [0.5, 0.6) is 5.75 Å². The molecule has 1 aromatic heterocycles. The maximum atomic E-state index is 12.5. The van der Waals surface area contributed by atoms with Crippen molar-refractivity contribution in [3.63, 3.8) is 0 Å². The number of hydrogen-bond donors (Lipinski definition) is 2. The van der Waals surface area contributed by atoms with Crippen LogP contribution in [0.15, 0.2) is 54.7 Å². The number of amides is 2. The van der Waals surface area contributed by atoms with Crippen LogP contribution in [0.1, 0.15) is 0 Å². The molecule has 2 aromatic carbocycles. The number of anilines is 3. The van der Waals surface area contributed by atoms with E-state index < -0.39 is 0 Å². The van der Waals surface area contributed by atoms with Crippen molar-refractivity contribution in [2.45, 2.75) is 0 Å². The SMILES string of the molecule is COc1ccc(NC(=O)Nc2ccc3ncccc3c2)cc1N1CCN(C)CC1. The van der Waals surface area contributed by atoms with Crippen LogP contribution in [-0.2, 0) is 0 Å². The van der Waals surface area contributed by atoms with E-state index in [4.69, 9.17) is 4.74 Å². The number of ether oxygens (including phenoxy) is 1. The van der Waals surface area contributed by atoms with Crippen molar-refractivity contribution in [1.82, 2.24) is 9.88 Å². The molecule has 0 atom stereocenters. The summed E-state index contributed by atoms with van der Waals surface area (Å²) in [4.78, 5) is 21.4. The smallest absolute Gasteiger partial charge is 0.323 e. The summed E-state index contributed by atoms with van der Waals surface area (Å²) in [5.74, 6) is 0.808. The number of benzene rings is 2. The van der Waals surface area contributed by atoms with Gasteiger partial charge in [-0.3, -0.25) is 4.98 Å². The number of nitrogens with zero attached hydrogens (tertiary/aromatic N) is 3. The van der Waals surface area contributed by atoms with Crippen LogP contribution in [0.4, 0.5) is 21.9 Å². The predicted molar refractivity (Wildman–Crippen MR) is 117 cm³/mol. The highest BCUT2D eigenvalue weighted by Gasteiger charge is 2.18. The lowest BCUT2D eigenvalue weighted by atomic mass is 10.2. The summed E-state index contributed by atoms with van der Waals surface area (Å²) in [5.41, 5.74) is 3.33. The molecule has 0 bridgehead atoms. The zero-order chi connectivity index (χ0) is 20.2. The highest BCUT2D eigenvalue weighted by molar-refractivity contribution is 6.01. The fraction of sp³-hybridized carbons (Fsp3) is 0.273. The van der Waals surface area contributed by atoms with Crippen LogP contribution in [0.2, 0.25) is 0 Å². The first-order valence-corrected chi connectivity index (χ1v) is 9.67. The molecular weight excluding hydrogens is 366 g/mol. The molecule has 0 radical (unpaired) electrons. The summed E-state index contributed by atoms with van der Waals surface area (Å²) in [6.45, 7) is 3.84. The summed E-state index contributed by atoms with van der Waals surface area (Å²) in [6, 6.07) is 14.9. The van der Waals surface area contributed by atoms with Gasteiger partial charge in [-0.2, -0.15) is 0 Å². The van der Waals surface area contributed by atoms with E-state index >= 15 is 0 Å². The topological polar surface area (TPSA) is 69.7 Å². The molecule has 1 saturated heterocycles. The predicted octanol–water partition coefficient (Wildman–Crippen LogP) is 3.64. The standard InChI is InChI=1S/C22H25N5O2/c1-26-10-12-27(13-11-26)20-15-18(6-8-21(20)29-2)25-22(28)24-17-5-7-19-16(14-17)4-3-9-23-19/h3-9,14-15H,10-13H2,1-2H3,(H2,24,25,28). The second kappa shape index (κ2) is 8.36. The van der Waals surface area contributed by atoms with Gasteiger partial charge in [0.05, 0.1) is 18.3 Å². The lowest BCUT2D eigenvalue weighted by molar-refractivity contribution is 0.262. The first-order valence-electron chi connectivity index (χ1n) is 9.67. The molecule has 7 nitrogen and oxygen atoms in total. The first kappa shape index (κ1) is 19.0. The van der Waals surface area contributed by atoms with Gasteiger partial charge in [0.1, 0.15) is 5.75 Å². The van der Waals surface area contributed by atoms with Crippen molar-refractivity contribution in [3.8, 4) is 5.75 Å². The summed E-state index contributed by atoms with van der Waals surface area (Å²) < 4.78 is 5.53. The molecule has 2 heterocycles. The molecule has 1 aliphatic rings. The number of urea groups is 1. The van der Waals surface area contributed by atoms with Gasteiger partial charge in [0.15, 0.2) is 0 Å². The maximum Gasteiger partial charge on any atom is 0.323 e. The number of piperazine rings is 1. The van der Waals surface area contributed by atoms with E-state index in [9.17, 15) is 4.79 Å². The van der Waals surface area contributed by atoms with Gasteiger partial charge >= 0.3 is 6.03 Å². The number of carbonyl (C=O) groups is 1. The highest BCUT2D eigenvalue weighted by atomic mass is 16.5. The summed E-state index contributed by atoms with van der Waals surface area (Å²) in [7, 11) is 3.79. The molecule has 2 amide bonds. The average molecular weight is 391 g/mol. The Morgan fingerprint density at radius 2 is 1.72 bits per heavy atom. The quantitative estimate of drug-likeness (QED) is 0.711. The third kappa shape index (κ3) is 4.41. The third-order valence-corrected chi connectivity index (χ3v) is 5.14. The van der Waals surface area contributed by atoms with Crippen LogP contribution < -0.4 is 20.3 Å². The van der Waals surface area contributed by atoms with Crippen LogP contribution in [-0.4, -0.2) is 56.3 Å². The lowest BCUT2D eigenvalue weighted by Crippen LogP contribution is -2.44. The van der Waals surface area contributed by atoms with E-state index in [-0.39, 0.29) is 6.03 Å². The number of pyridine rings is 1. The fourth-order valence-corrected chi connectivity index (χ4v) is 3.51. The van der Waals surface area contributed by atoms with E-state index in [1.165, 1.54) is 0 Å². The monoisotopic (exact) mass is 391 g/mol. The van der Waals surface area contributed by atoms with E-state index in [0.29, 0.717) is 0 Å². The molecule has 2 N–H and O–H groups in total. The number of aromatic nitrogens is 1. The highest BCUT2D eigenvalue weighted by Crippen LogP contribution is 2.32. The second-order valence-electron chi connectivity index (χ2n) is 7.17. The normalized spacial score (nSPS) is 14.6. The molecule has 7 heteroatoms. The first-order chi connectivity index (χ1) is 14.1. The van der Waals surface area contributed by atoms with Crippen LogP contribution in [0.3, 0.4) is 0 Å². The Hall–Kier alpha value is -3.32. The average Bonchev–Trinajstić information content (AvgIpc) is 2.74. The number of nitrogens with one attached hydrogen (secondary N) is 2. The number of hydrogen-bond acceptors (Lipinski definition) is 5. The van der Waals surface area contributed by atoms with Crippen LogP contribution in [0, 0.1) is 0 Å². The van der Waals surface area contributed by atoms with Crippen molar-refractivity contribution < 1.29 is 9.53 Å². The molecule has 4 rings (SSSR count). The molecule has 0 spiro atoms. The number of rotatable bonds is 4. The van der Waals surface area contributed by atoms with Crippen LogP contribution in [0.25, 0.3) is 10.9 Å². The van der Waals surface area contributed by atoms with Crippen molar-refractivity contribution in [1.29, 1.82) is 0 Å². The van der Waals surface area contributed by atoms with Crippen molar-refractivity contribution >= 4 is 34.0 Å². The molecule has 1 fully saturated rings. The lowest BCUT2D eigenvalue weighted by Gasteiger charge is -2.34. The van der Waals surface area contributed by atoms with Gasteiger partial charge in [-0.15, -0.1) is 0 Å². The summed E-state index contributed by atoms with van der Waals surface area (Å²) >= 11 is 0. The van der Waals surface area contributed by atoms with Gasteiger partial charge in [-0.25, -0.2) is 4.79 Å². The van der Waals surface area contributed by atoms with Gasteiger partial charge in [-0.05, 0) is 49.5 Å². The molecule has 0 aliphatic carbocycles. The van der Waals surface area contributed by atoms with Gasteiger partial charge < -0.3 is 25.2 Å². The Kier molecular flexibility index (Phi) is 5.48. The number of fused-ring (bicyclic) bond motifs is 1. The zero-order valence-corrected chi connectivity index (χ0v) is 16.7.